The molecule has 0 aliphatic carbocycles. The molecular weight excluding hydrogens is 641 g/mol. The summed E-state index contributed by atoms with van der Waals surface area (Å²) in [4.78, 5) is 41.0. The number of alkyl halides is 3. The van der Waals surface area contributed by atoms with Crippen LogP contribution in [0.5, 0.6) is 5.75 Å². The summed E-state index contributed by atoms with van der Waals surface area (Å²) in [6, 6.07) is 10.7. The number of aliphatic hydroxyl groups is 1. The second kappa shape index (κ2) is 14.7. The fourth-order valence-corrected chi connectivity index (χ4v) is 7.88. The average Bonchev–Trinajstić information content (AvgIpc) is 3.51. The van der Waals surface area contributed by atoms with Crippen LogP contribution < -0.4 is 4.74 Å². The number of hydrogen-bond donors (Lipinski definition) is 1. The van der Waals surface area contributed by atoms with Crippen molar-refractivity contribution in [1.82, 2.24) is 14.8 Å². The van der Waals surface area contributed by atoms with Crippen LogP contribution in [-0.2, 0) is 22.9 Å². The van der Waals surface area contributed by atoms with Crippen LogP contribution >= 0.6 is 11.3 Å². The first-order valence-corrected chi connectivity index (χ1v) is 17.3. The predicted molar refractivity (Wildman–Crippen MR) is 177 cm³/mol. The third kappa shape index (κ3) is 6.94. The third-order valence-corrected chi connectivity index (χ3v) is 10.4. The predicted octanol–water partition coefficient (Wildman–Crippen LogP) is 7.05. The van der Waals surface area contributed by atoms with Gasteiger partial charge >= 0.3 is 6.18 Å². The molecule has 48 heavy (non-hydrogen) atoms. The number of aryl methyl sites for hydroxylation is 2. The summed E-state index contributed by atoms with van der Waals surface area (Å²) >= 11 is 1.46. The zero-order valence-electron chi connectivity index (χ0n) is 27.3. The monoisotopic (exact) mass is 682 g/mol. The molecule has 1 N–H and O–H groups in total. The van der Waals surface area contributed by atoms with Gasteiger partial charge in [-0.25, -0.2) is 6.57 Å². The Labute approximate surface area is 283 Å². The number of pyridine rings is 1. The van der Waals surface area contributed by atoms with E-state index in [1.54, 1.807) is 10.3 Å². The number of likely N-dealkylation sites (tertiary alicyclic amines) is 2. The molecule has 5 rings (SSSR count). The topological polar surface area (TPSA) is 87.3 Å². The molecule has 3 aromatic rings. The highest BCUT2D eigenvalue weighted by Crippen LogP contribution is 2.43. The zero-order chi connectivity index (χ0) is 34.5. The van der Waals surface area contributed by atoms with Gasteiger partial charge in [-0.1, -0.05) is 37.6 Å². The van der Waals surface area contributed by atoms with Crippen molar-refractivity contribution in [2.24, 2.45) is 0 Å². The molecule has 0 unspecified atom stereocenters. The van der Waals surface area contributed by atoms with Gasteiger partial charge in [-0.2, -0.15) is 13.2 Å². The number of piperidine rings is 2. The van der Waals surface area contributed by atoms with E-state index in [1.807, 2.05) is 44.2 Å². The van der Waals surface area contributed by atoms with Gasteiger partial charge in [0.05, 0.1) is 11.6 Å². The molecule has 2 aliphatic heterocycles. The molecule has 0 radical (unpaired) electrons. The van der Waals surface area contributed by atoms with Crippen molar-refractivity contribution in [3.8, 4) is 5.75 Å². The first kappa shape index (κ1) is 35.4. The van der Waals surface area contributed by atoms with Crippen LogP contribution in [0.4, 0.5) is 13.2 Å². The second-order valence-electron chi connectivity index (χ2n) is 12.6. The molecule has 2 saturated heterocycles. The van der Waals surface area contributed by atoms with E-state index >= 15 is 0 Å². The molecule has 2 aliphatic rings. The molecule has 0 spiro atoms. The van der Waals surface area contributed by atoms with E-state index in [9.17, 15) is 27.9 Å². The smallest absolute Gasteiger partial charge is 0.418 e. The van der Waals surface area contributed by atoms with Crippen molar-refractivity contribution in [3.05, 3.63) is 92.7 Å². The van der Waals surface area contributed by atoms with Crippen LogP contribution in [0.25, 0.3) is 4.85 Å². The number of halogens is 3. The lowest BCUT2D eigenvalue weighted by Gasteiger charge is -2.50. The Hall–Kier alpha value is -3.95. The average molecular weight is 683 g/mol. The number of hydrogen-bond acceptors (Lipinski definition) is 6. The van der Waals surface area contributed by atoms with E-state index in [2.05, 4.69) is 9.83 Å². The highest BCUT2D eigenvalue weighted by Gasteiger charge is 2.57. The molecule has 2 atom stereocenters. The molecule has 2 amide bonds. The minimum Gasteiger partial charge on any atom is -0.474 e. The number of carbonyl (C=O) groups is 2. The lowest BCUT2D eigenvalue weighted by atomic mass is 9.76. The molecule has 2 aromatic heterocycles. The maximum absolute atomic E-state index is 14.9. The molecule has 256 valence electrons. The maximum Gasteiger partial charge on any atom is 0.418 e. The van der Waals surface area contributed by atoms with Crippen molar-refractivity contribution < 1.29 is 32.6 Å². The molecule has 0 saturated carbocycles. The summed E-state index contributed by atoms with van der Waals surface area (Å²) in [6.07, 6.45) is -0.136. The van der Waals surface area contributed by atoms with Crippen LogP contribution in [0.3, 0.4) is 0 Å². The summed E-state index contributed by atoms with van der Waals surface area (Å²) in [5.74, 6) is -0.736. The Morgan fingerprint density at radius 3 is 2.54 bits per heavy atom. The van der Waals surface area contributed by atoms with Crippen molar-refractivity contribution in [1.29, 1.82) is 0 Å². The molecule has 8 nitrogen and oxygen atoms in total. The Morgan fingerprint density at radius 1 is 1.15 bits per heavy atom. The Bertz CT molecular complexity index is 1650. The fourth-order valence-electron chi connectivity index (χ4n) is 7.28. The Balaban J connectivity index is 1.51. The van der Waals surface area contributed by atoms with Crippen LogP contribution in [0.1, 0.15) is 83.9 Å². The van der Waals surface area contributed by atoms with Gasteiger partial charge in [0.1, 0.15) is 11.4 Å². The van der Waals surface area contributed by atoms with Gasteiger partial charge in [0.2, 0.25) is 5.60 Å². The van der Waals surface area contributed by atoms with Crippen LogP contribution in [-0.4, -0.2) is 69.6 Å². The van der Waals surface area contributed by atoms with E-state index in [0.29, 0.717) is 50.7 Å². The number of aromatic nitrogens is 1. The molecular formula is C36H41F3N4O4S. The highest BCUT2D eigenvalue weighted by molar-refractivity contribution is 7.10. The number of amides is 2. The Kier molecular flexibility index (Phi) is 10.8. The number of aliphatic hydroxyl groups excluding tert-OH is 1. The summed E-state index contributed by atoms with van der Waals surface area (Å²) in [5, 5.41) is 11.2. The van der Waals surface area contributed by atoms with Gasteiger partial charge in [-0.15, -0.1) is 11.3 Å². The van der Waals surface area contributed by atoms with Gasteiger partial charge in [-0.05, 0) is 56.4 Å². The van der Waals surface area contributed by atoms with E-state index in [0.717, 1.165) is 28.1 Å². The van der Waals surface area contributed by atoms with E-state index in [-0.39, 0.29) is 38.6 Å². The van der Waals surface area contributed by atoms with E-state index < -0.39 is 40.5 Å². The minimum atomic E-state index is -4.78. The highest BCUT2D eigenvalue weighted by atomic mass is 32.1. The van der Waals surface area contributed by atoms with Crippen LogP contribution in [0, 0.1) is 13.5 Å². The van der Waals surface area contributed by atoms with E-state index in [4.69, 9.17) is 11.3 Å². The summed E-state index contributed by atoms with van der Waals surface area (Å²) in [7, 11) is 0. The number of nitrogens with zero attached hydrogens (tertiary/aromatic N) is 4. The molecule has 0 bridgehead atoms. The second-order valence-corrected chi connectivity index (χ2v) is 13.7. The number of thiophene rings is 1. The largest absolute Gasteiger partial charge is 0.474 e. The standard InChI is InChI=1S/C36H41F3N4O4S/c1-4-10-30-35(47-27-23-25(2)48-24-27,15-9-19-43(30)32(45)31-29(36(37,38)39)14-7-18-41-31)33(46)42-20-16-34(40-3,17-21-42)28-13-6-5-11-26(28)12-8-22-44/h5-7,11,13-14,18,23-24,30,44H,4,8-10,12,15-17,19-22H2,1-2H3/t30-,35+/m1/s1. The van der Waals surface area contributed by atoms with Gasteiger partial charge in [0.15, 0.2) is 0 Å². The minimum absolute atomic E-state index is 0.0453. The summed E-state index contributed by atoms with van der Waals surface area (Å²) in [6.45, 7) is 12.8. The van der Waals surface area contributed by atoms with Gasteiger partial charge in [0, 0.05) is 67.5 Å². The molecule has 12 heteroatoms. The Morgan fingerprint density at radius 2 is 1.90 bits per heavy atom. The number of ether oxygens (including phenoxy) is 1. The van der Waals surface area contributed by atoms with E-state index in [1.165, 1.54) is 22.4 Å². The lowest BCUT2D eigenvalue weighted by Crippen LogP contribution is -2.68. The van der Waals surface area contributed by atoms with Crippen molar-refractivity contribution in [2.45, 2.75) is 88.6 Å². The molecule has 4 heterocycles. The van der Waals surface area contributed by atoms with Crippen molar-refractivity contribution in [3.63, 3.8) is 0 Å². The quantitative estimate of drug-likeness (QED) is 0.232. The normalized spacial score (nSPS) is 21.1. The summed E-state index contributed by atoms with van der Waals surface area (Å²) < 4.78 is 48.7. The SMILES string of the molecule is [C-]#[N+]C1(c2ccccc2CCCO)CCN(C(=O)[C@]2(Oc3csc(C)c3)CCCN(C(=O)c3ncccc3C(F)(F)F)[C@@H]2CCC)CC1. The van der Waals surface area contributed by atoms with Crippen molar-refractivity contribution in [2.75, 3.05) is 26.2 Å². The number of carbonyl (C=O) groups excluding carboxylic acids is 2. The van der Waals surface area contributed by atoms with Gasteiger partial charge in [0.25, 0.3) is 17.4 Å². The first-order chi connectivity index (χ1) is 23.0. The zero-order valence-corrected chi connectivity index (χ0v) is 28.1. The third-order valence-electron chi connectivity index (χ3n) is 9.58. The fraction of sp³-hybridized carbons (Fsp3) is 0.500. The number of benzene rings is 1. The van der Waals surface area contributed by atoms with Crippen LogP contribution in [0.2, 0.25) is 0 Å². The molecule has 2 fully saturated rings. The molecule has 1 aromatic carbocycles. The van der Waals surface area contributed by atoms with Gasteiger partial charge < -0.3 is 24.5 Å². The van der Waals surface area contributed by atoms with Crippen LogP contribution in [0.15, 0.2) is 54.0 Å². The first-order valence-electron chi connectivity index (χ1n) is 16.4. The van der Waals surface area contributed by atoms with Crippen molar-refractivity contribution >= 4 is 23.2 Å². The number of rotatable bonds is 10. The lowest BCUT2D eigenvalue weighted by molar-refractivity contribution is -0.160. The summed E-state index contributed by atoms with van der Waals surface area (Å²) in [5.41, 5.74) is -2.29. The van der Waals surface area contributed by atoms with Gasteiger partial charge in [-0.3, -0.25) is 14.6 Å². The maximum atomic E-state index is 14.9.